The second-order valence-corrected chi connectivity index (χ2v) is 3.45. The summed E-state index contributed by atoms with van der Waals surface area (Å²) in [5, 5.41) is 15.5. The van der Waals surface area contributed by atoms with E-state index in [4.69, 9.17) is 11.0 Å². The van der Waals surface area contributed by atoms with E-state index >= 15 is 0 Å². The van der Waals surface area contributed by atoms with E-state index in [1.807, 2.05) is 12.1 Å². The van der Waals surface area contributed by atoms with E-state index in [0.717, 1.165) is 11.3 Å². The van der Waals surface area contributed by atoms with Crippen LogP contribution in [0.4, 0.5) is 11.4 Å². The molecule has 2 rings (SSSR count). The summed E-state index contributed by atoms with van der Waals surface area (Å²) in [6.45, 7) is 0.465. The normalized spacial score (nSPS) is 9.82. The van der Waals surface area contributed by atoms with Gasteiger partial charge in [-0.15, -0.1) is 0 Å². The molecule has 1 heterocycles. The fraction of sp³-hybridized carbons (Fsp3) is 0.182. The van der Waals surface area contributed by atoms with Gasteiger partial charge in [0.1, 0.15) is 0 Å². The standard InChI is InChI=1S/C11H11N5O/c12-4-3-8-5-9(1-2-10(8)13)14-6-11-15-7-17-16-11/h1-2,5,7,14H,3,6,13H2. The maximum Gasteiger partial charge on any atom is 0.213 e. The Labute approximate surface area is 98.1 Å². The van der Waals surface area contributed by atoms with E-state index in [9.17, 15) is 0 Å². The summed E-state index contributed by atoms with van der Waals surface area (Å²) < 4.78 is 4.62. The number of hydrogen-bond acceptors (Lipinski definition) is 6. The first-order valence-corrected chi connectivity index (χ1v) is 5.04. The Morgan fingerprint density at radius 1 is 1.47 bits per heavy atom. The zero-order valence-corrected chi connectivity index (χ0v) is 9.05. The molecule has 0 bridgehead atoms. The third kappa shape index (κ3) is 2.72. The molecule has 0 spiro atoms. The van der Waals surface area contributed by atoms with Gasteiger partial charge in [-0.3, -0.25) is 0 Å². The van der Waals surface area contributed by atoms with Crippen molar-refractivity contribution in [2.45, 2.75) is 13.0 Å². The molecule has 0 saturated heterocycles. The zero-order valence-electron chi connectivity index (χ0n) is 9.05. The minimum absolute atomic E-state index is 0.295. The van der Waals surface area contributed by atoms with Gasteiger partial charge in [0.25, 0.3) is 0 Å². The van der Waals surface area contributed by atoms with Crippen molar-refractivity contribution < 1.29 is 4.52 Å². The van der Waals surface area contributed by atoms with Crippen molar-refractivity contribution in [3.05, 3.63) is 36.0 Å². The number of nitrogens with two attached hydrogens (primary N) is 1. The number of benzene rings is 1. The molecule has 3 N–H and O–H groups in total. The summed E-state index contributed by atoms with van der Waals surface area (Å²) in [7, 11) is 0. The predicted molar refractivity (Wildman–Crippen MR) is 61.8 cm³/mol. The highest BCUT2D eigenvalue weighted by Crippen LogP contribution is 2.18. The first kappa shape index (κ1) is 11.0. The summed E-state index contributed by atoms with van der Waals surface area (Å²) in [5.74, 6) is 0.573. The minimum atomic E-state index is 0.295. The van der Waals surface area contributed by atoms with Crippen molar-refractivity contribution in [3.8, 4) is 6.07 Å². The maximum atomic E-state index is 8.66. The average molecular weight is 229 g/mol. The largest absolute Gasteiger partial charge is 0.398 e. The molecule has 0 saturated carbocycles. The molecular weight excluding hydrogens is 218 g/mol. The predicted octanol–water partition coefficient (Wildman–Crippen LogP) is 1.33. The van der Waals surface area contributed by atoms with Crippen LogP contribution in [0.25, 0.3) is 0 Å². The van der Waals surface area contributed by atoms with Gasteiger partial charge in [0.2, 0.25) is 6.39 Å². The molecule has 6 heteroatoms. The van der Waals surface area contributed by atoms with Crippen LogP contribution < -0.4 is 11.1 Å². The fourth-order valence-corrected chi connectivity index (χ4v) is 1.41. The van der Waals surface area contributed by atoms with E-state index in [1.54, 1.807) is 6.07 Å². The van der Waals surface area contributed by atoms with Gasteiger partial charge in [-0.25, -0.2) is 0 Å². The number of nitriles is 1. The van der Waals surface area contributed by atoms with Crippen LogP contribution in [0.15, 0.2) is 29.1 Å². The Kier molecular flexibility index (Phi) is 3.21. The van der Waals surface area contributed by atoms with Crippen LogP contribution in [0, 0.1) is 11.3 Å². The van der Waals surface area contributed by atoms with Gasteiger partial charge < -0.3 is 15.6 Å². The minimum Gasteiger partial charge on any atom is -0.398 e. The zero-order chi connectivity index (χ0) is 12.1. The molecule has 2 aromatic rings. The Hall–Kier alpha value is -2.55. The molecule has 86 valence electrons. The molecule has 17 heavy (non-hydrogen) atoms. The van der Waals surface area contributed by atoms with Crippen molar-refractivity contribution in [1.29, 1.82) is 5.26 Å². The fourth-order valence-electron chi connectivity index (χ4n) is 1.41. The molecule has 6 nitrogen and oxygen atoms in total. The van der Waals surface area contributed by atoms with Gasteiger partial charge in [0.05, 0.1) is 19.0 Å². The number of rotatable bonds is 4. The second kappa shape index (κ2) is 4.99. The van der Waals surface area contributed by atoms with E-state index in [2.05, 4.69) is 26.0 Å². The van der Waals surface area contributed by atoms with Gasteiger partial charge >= 0.3 is 0 Å². The Balaban J connectivity index is 2.06. The lowest BCUT2D eigenvalue weighted by Gasteiger charge is -2.07. The van der Waals surface area contributed by atoms with Gasteiger partial charge in [0, 0.05) is 11.4 Å². The van der Waals surface area contributed by atoms with Gasteiger partial charge in [-0.1, -0.05) is 5.16 Å². The van der Waals surface area contributed by atoms with Crippen LogP contribution in [-0.4, -0.2) is 10.1 Å². The van der Waals surface area contributed by atoms with Crippen LogP contribution in [0.5, 0.6) is 0 Å². The monoisotopic (exact) mass is 229 g/mol. The average Bonchev–Trinajstić information content (AvgIpc) is 2.83. The molecular formula is C11H11N5O. The van der Waals surface area contributed by atoms with E-state index < -0.39 is 0 Å². The number of anilines is 2. The number of nitrogens with one attached hydrogen (secondary N) is 1. The highest BCUT2D eigenvalue weighted by Gasteiger charge is 2.02. The van der Waals surface area contributed by atoms with Crippen LogP contribution in [0.1, 0.15) is 11.4 Å². The molecule has 1 aromatic heterocycles. The van der Waals surface area contributed by atoms with E-state index in [-0.39, 0.29) is 0 Å². The Bertz CT molecular complexity index is 529. The topological polar surface area (TPSA) is 101 Å². The molecule has 0 fully saturated rings. The lowest BCUT2D eigenvalue weighted by Crippen LogP contribution is -2.02. The summed E-state index contributed by atoms with van der Waals surface area (Å²) in [5.41, 5.74) is 8.05. The third-order valence-corrected chi connectivity index (χ3v) is 2.27. The molecule has 0 aliphatic rings. The van der Waals surface area contributed by atoms with Crippen molar-refractivity contribution in [2.24, 2.45) is 0 Å². The van der Waals surface area contributed by atoms with E-state index in [0.29, 0.717) is 24.5 Å². The summed E-state index contributed by atoms with van der Waals surface area (Å²) in [6, 6.07) is 7.53. The van der Waals surface area contributed by atoms with Crippen LogP contribution in [0.2, 0.25) is 0 Å². The van der Waals surface area contributed by atoms with Crippen LogP contribution in [0.3, 0.4) is 0 Å². The van der Waals surface area contributed by atoms with Crippen LogP contribution in [-0.2, 0) is 13.0 Å². The molecule has 0 aliphatic carbocycles. The first-order valence-electron chi connectivity index (χ1n) is 5.04. The SMILES string of the molecule is N#CCc1cc(NCc2ncon2)ccc1N. The quantitative estimate of drug-likeness (QED) is 0.767. The van der Waals surface area contributed by atoms with Gasteiger partial charge in [-0.05, 0) is 23.8 Å². The number of hydrogen-bond donors (Lipinski definition) is 2. The highest BCUT2D eigenvalue weighted by molar-refractivity contribution is 5.57. The lowest BCUT2D eigenvalue weighted by molar-refractivity contribution is 0.411. The van der Waals surface area contributed by atoms with Gasteiger partial charge in [-0.2, -0.15) is 10.2 Å². The lowest BCUT2D eigenvalue weighted by atomic mass is 10.1. The van der Waals surface area contributed by atoms with E-state index in [1.165, 1.54) is 6.39 Å². The summed E-state index contributed by atoms with van der Waals surface area (Å²) in [6.07, 6.45) is 1.57. The third-order valence-electron chi connectivity index (χ3n) is 2.27. The number of aromatic nitrogens is 2. The molecule has 0 radical (unpaired) electrons. The molecule has 1 aromatic carbocycles. The van der Waals surface area contributed by atoms with Crippen LogP contribution >= 0.6 is 0 Å². The molecule has 0 aliphatic heterocycles. The smallest absolute Gasteiger partial charge is 0.213 e. The van der Waals surface area contributed by atoms with Crippen molar-refractivity contribution in [2.75, 3.05) is 11.1 Å². The summed E-state index contributed by atoms with van der Waals surface area (Å²) in [4.78, 5) is 3.89. The van der Waals surface area contributed by atoms with Gasteiger partial charge in [0.15, 0.2) is 5.82 Å². The maximum absolute atomic E-state index is 8.66. The molecule has 0 amide bonds. The van der Waals surface area contributed by atoms with Crippen molar-refractivity contribution in [1.82, 2.24) is 10.1 Å². The summed E-state index contributed by atoms with van der Waals surface area (Å²) >= 11 is 0. The number of nitrogens with zero attached hydrogens (tertiary/aromatic N) is 3. The second-order valence-electron chi connectivity index (χ2n) is 3.45. The first-order chi connectivity index (χ1) is 8.29. The van der Waals surface area contributed by atoms with Crippen molar-refractivity contribution in [3.63, 3.8) is 0 Å². The Morgan fingerprint density at radius 3 is 3.06 bits per heavy atom. The molecule has 0 unspecified atom stereocenters. The van der Waals surface area contributed by atoms with Crippen molar-refractivity contribution >= 4 is 11.4 Å². The Morgan fingerprint density at radius 2 is 2.35 bits per heavy atom. The molecule has 0 atom stereocenters. The number of nitrogen functional groups attached to an aromatic ring is 1. The highest BCUT2D eigenvalue weighted by atomic mass is 16.5.